The van der Waals surface area contributed by atoms with Gasteiger partial charge in [0.2, 0.25) is 0 Å². The van der Waals surface area contributed by atoms with Gasteiger partial charge in [0.1, 0.15) is 27.1 Å². The van der Waals surface area contributed by atoms with E-state index in [9.17, 15) is 4.79 Å². The van der Waals surface area contributed by atoms with E-state index < -0.39 is 0 Å². The molecule has 7 heteroatoms. The zero-order chi connectivity index (χ0) is 21.7. The lowest BCUT2D eigenvalue weighted by molar-refractivity contribution is 0.0788. The second-order valence-electron chi connectivity index (χ2n) is 6.73. The summed E-state index contributed by atoms with van der Waals surface area (Å²) in [7, 11) is 5.00. The SMILES string of the molecule is CCOc1ccc(-c2nc(C)c(C(=O)N(C)Cc3ccc(OC)cc3OC)s2)cc1. The number of hydrogen-bond acceptors (Lipinski definition) is 6. The Morgan fingerprint density at radius 3 is 2.40 bits per heavy atom. The van der Waals surface area contributed by atoms with Gasteiger partial charge in [-0.25, -0.2) is 4.98 Å². The van der Waals surface area contributed by atoms with Crippen LogP contribution in [-0.2, 0) is 6.54 Å². The third-order valence-corrected chi connectivity index (χ3v) is 5.85. The van der Waals surface area contributed by atoms with Crippen LogP contribution in [0.2, 0.25) is 0 Å². The molecule has 1 aromatic heterocycles. The first-order chi connectivity index (χ1) is 14.5. The third-order valence-electron chi connectivity index (χ3n) is 4.65. The molecular formula is C23H26N2O4S. The molecule has 1 amide bonds. The van der Waals surface area contributed by atoms with E-state index in [0.717, 1.165) is 27.6 Å². The molecular weight excluding hydrogens is 400 g/mol. The standard InChI is InChI=1S/C23H26N2O4S/c1-6-29-18-10-7-16(8-11-18)22-24-15(2)21(30-22)23(26)25(3)14-17-9-12-19(27-4)13-20(17)28-5/h7-13H,6,14H2,1-5H3. The lowest BCUT2D eigenvalue weighted by atomic mass is 10.1. The largest absolute Gasteiger partial charge is 0.497 e. The Labute approximate surface area is 181 Å². The van der Waals surface area contributed by atoms with Crippen LogP contribution in [0.5, 0.6) is 17.2 Å². The average molecular weight is 427 g/mol. The van der Waals surface area contributed by atoms with Gasteiger partial charge in [0, 0.05) is 30.8 Å². The molecule has 0 bridgehead atoms. The number of methoxy groups -OCH3 is 2. The number of rotatable bonds is 8. The summed E-state index contributed by atoms with van der Waals surface area (Å²) in [6, 6.07) is 13.3. The van der Waals surface area contributed by atoms with Gasteiger partial charge >= 0.3 is 0 Å². The minimum Gasteiger partial charge on any atom is -0.497 e. The summed E-state index contributed by atoms with van der Waals surface area (Å²) in [5.74, 6) is 2.15. The second kappa shape index (κ2) is 9.63. The van der Waals surface area contributed by atoms with Gasteiger partial charge in [0.15, 0.2) is 0 Å². The number of hydrogen-bond donors (Lipinski definition) is 0. The summed E-state index contributed by atoms with van der Waals surface area (Å²) < 4.78 is 16.2. The highest BCUT2D eigenvalue weighted by molar-refractivity contribution is 7.17. The van der Waals surface area contributed by atoms with Crippen molar-refractivity contribution in [3.63, 3.8) is 0 Å². The first-order valence-electron chi connectivity index (χ1n) is 9.63. The molecule has 6 nitrogen and oxygen atoms in total. The summed E-state index contributed by atoms with van der Waals surface area (Å²) in [6.45, 7) is 4.86. The van der Waals surface area contributed by atoms with Gasteiger partial charge in [0.25, 0.3) is 5.91 Å². The molecule has 158 valence electrons. The molecule has 0 N–H and O–H groups in total. The van der Waals surface area contributed by atoms with Crippen molar-refractivity contribution in [1.82, 2.24) is 9.88 Å². The summed E-state index contributed by atoms with van der Waals surface area (Å²) >= 11 is 1.40. The number of carbonyl (C=O) groups excluding carboxylic acids is 1. The molecule has 0 atom stereocenters. The number of aromatic nitrogens is 1. The molecule has 3 aromatic rings. The average Bonchev–Trinajstić information content (AvgIpc) is 3.15. The number of nitrogens with zero attached hydrogens (tertiary/aromatic N) is 2. The van der Waals surface area contributed by atoms with E-state index in [1.807, 2.05) is 56.3 Å². The number of thiazole rings is 1. The van der Waals surface area contributed by atoms with Crippen molar-refractivity contribution in [1.29, 1.82) is 0 Å². The monoisotopic (exact) mass is 426 g/mol. The van der Waals surface area contributed by atoms with Crippen LogP contribution >= 0.6 is 11.3 Å². The fraction of sp³-hybridized carbons (Fsp3) is 0.304. The minimum absolute atomic E-state index is 0.0694. The molecule has 30 heavy (non-hydrogen) atoms. The van der Waals surface area contributed by atoms with E-state index in [4.69, 9.17) is 14.2 Å². The van der Waals surface area contributed by atoms with Gasteiger partial charge in [-0.1, -0.05) is 0 Å². The van der Waals surface area contributed by atoms with Gasteiger partial charge in [-0.15, -0.1) is 11.3 Å². The molecule has 0 saturated heterocycles. The van der Waals surface area contributed by atoms with E-state index >= 15 is 0 Å². The Morgan fingerprint density at radius 2 is 1.77 bits per heavy atom. The number of ether oxygens (including phenoxy) is 3. The van der Waals surface area contributed by atoms with Crippen molar-refractivity contribution >= 4 is 17.2 Å². The number of carbonyl (C=O) groups is 1. The molecule has 0 aliphatic rings. The van der Waals surface area contributed by atoms with Crippen LogP contribution in [0.25, 0.3) is 10.6 Å². The Balaban J connectivity index is 1.78. The van der Waals surface area contributed by atoms with E-state index in [2.05, 4.69) is 4.98 Å². The molecule has 0 saturated carbocycles. The van der Waals surface area contributed by atoms with Crippen LogP contribution in [0.15, 0.2) is 42.5 Å². The van der Waals surface area contributed by atoms with E-state index in [-0.39, 0.29) is 5.91 Å². The highest BCUT2D eigenvalue weighted by Crippen LogP contribution is 2.31. The molecule has 0 radical (unpaired) electrons. The predicted octanol–water partition coefficient (Wildman–Crippen LogP) is 4.81. The number of amides is 1. The lowest BCUT2D eigenvalue weighted by Crippen LogP contribution is -2.26. The van der Waals surface area contributed by atoms with Crippen LogP contribution in [0.4, 0.5) is 0 Å². The van der Waals surface area contributed by atoms with Gasteiger partial charge < -0.3 is 19.1 Å². The van der Waals surface area contributed by atoms with E-state index in [1.165, 1.54) is 11.3 Å². The number of aryl methyl sites for hydroxylation is 1. The number of benzene rings is 2. The predicted molar refractivity (Wildman–Crippen MR) is 119 cm³/mol. The quantitative estimate of drug-likeness (QED) is 0.517. The topological polar surface area (TPSA) is 60.9 Å². The molecule has 1 heterocycles. The molecule has 0 aliphatic carbocycles. The maximum Gasteiger partial charge on any atom is 0.265 e. The van der Waals surface area contributed by atoms with Crippen molar-refractivity contribution in [2.45, 2.75) is 20.4 Å². The van der Waals surface area contributed by atoms with Crippen molar-refractivity contribution in [3.8, 4) is 27.8 Å². The minimum atomic E-state index is -0.0694. The second-order valence-corrected chi connectivity index (χ2v) is 7.73. The maximum absolute atomic E-state index is 13.1. The zero-order valence-electron chi connectivity index (χ0n) is 17.9. The normalized spacial score (nSPS) is 10.6. The van der Waals surface area contributed by atoms with Gasteiger partial charge in [-0.2, -0.15) is 0 Å². The summed E-state index contributed by atoms with van der Waals surface area (Å²) in [4.78, 5) is 20.0. The fourth-order valence-corrected chi connectivity index (χ4v) is 4.13. The van der Waals surface area contributed by atoms with Crippen LogP contribution in [0, 0.1) is 6.92 Å². The summed E-state index contributed by atoms with van der Waals surface area (Å²) in [5, 5.41) is 0.814. The third kappa shape index (κ3) is 4.74. The fourth-order valence-electron chi connectivity index (χ4n) is 3.06. The van der Waals surface area contributed by atoms with Crippen LogP contribution in [0.3, 0.4) is 0 Å². The Bertz CT molecular complexity index is 1010. The molecule has 3 rings (SSSR count). The van der Waals surface area contributed by atoms with Crippen molar-refractivity contribution in [2.24, 2.45) is 0 Å². The lowest BCUT2D eigenvalue weighted by Gasteiger charge is -2.19. The van der Waals surface area contributed by atoms with E-state index in [0.29, 0.717) is 29.5 Å². The van der Waals surface area contributed by atoms with Crippen molar-refractivity contribution in [3.05, 3.63) is 58.6 Å². The van der Waals surface area contributed by atoms with Crippen LogP contribution in [0.1, 0.15) is 27.9 Å². The Kier molecular flexibility index (Phi) is 6.95. The van der Waals surface area contributed by atoms with Crippen molar-refractivity contribution < 1.29 is 19.0 Å². The first-order valence-corrected chi connectivity index (χ1v) is 10.5. The van der Waals surface area contributed by atoms with Crippen molar-refractivity contribution in [2.75, 3.05) is 27.9 Å². The van der Waals surface area contributed by atoms with Crippen LogP contribution in [-0.4, -0.2) is 43.7 Å². The maximum atomic E-state index is 13.1. The molecule has 2 aromatic carbocycles. The molecule has 0 unspecified atom stereocenters. The molecule has 0 spiro atoms. The highest BCUT2D eigenvalue weighted by atomic mass is 32.1. The van der Waals surface area contributed by atoms with Gasteiger partial charge in [0.05, 0.1) is 26.5 Å². The summed E-state index contributed by atoms with van der Waals surface area (Å²) in [6.07, 6.45) is 0. The van der Waals surface area contributed by atoms with Gasteiger partial charge in [-0.3, -0.25) is 4.79 Å². The Hall–Kier alpha value is -3.06. The zero-order valence-corrected chi connectivity index (χ0v) is 18.7. The smallest absolute Gasteiger partial charge is 0.265 e. The first kappa shape index (κ1) is 21.6. The van der Waals surface area contributed by atoms with E-state index in [1.54, 1.807) is 26.2 Å². The molecule has 0 aliphatic heterocycles. The molecule has 0 fully saturated rings. The van der Waals surface area contributed by atoms with Gasteiger partial charge in [-0.05, 0) is 50.2 Å². The summed E-state index contributed by atoms with van der Waals surface area (Å²) in [5.41, 5.74) is 2.59. The Morgan fingerprint density at radius 1 is 1.07 bits per heavy atom. The van der Waals surface area contributed by atoms with Crippen LogP contribution < -0.4 is 14.2 Å². The highest BCUT2D eigenvalue weighted by Gasteiger charge is 2.21.